The second-order valence-corrected chi connectivity index (χ2v) is 3.72. The first-order chi connectivity index (χ1) is 4.34. The van der Waals surface area contributed by atoms with Crippen LogP contribution in [0.5, 0.6) is 0 Å². The average molecular weight is 192 g/mol. The van der Waals surface area contributed by atoms with Crippen molar-refractivity contribution in [2.75, 3.05) is 7.05 Å². The van der Waals surface area contributed by atoms with E-state index in [0.29, 0.717) is 4.95 Å². The maximum atomic E-state index is 3.59. The zero-order valence-corrected chi connectivity index (χ0v) is 7.45. The Morgan fingerprint density at radius 3 is 2.44 bits per heavy atom. The van der Waals surface area contributed by atoms with Gasteiger partial charge in [-0.05, 0) is 25.8 Å². The predicted octanol–water partition coefficient (Wildman–Crippen LogP) is 2.12. The molecule has 0 spiro atoms. The zero-order valence-electron chi connectivity index (χ0n) is 5.86. The smallest absolute Gasteiger partial charge is 0.0656 e. The maximum absolute atomic E-state index is 3.59. The lowest BCUT2D eigenvalue weighted by molar-refractivity contribution is 0.489. The molecule has 0 radical (unpaired) electrons. The molecule has 0 saturated heterocycles. The van der Waals surface area contributed by atoms with Gasteiger partial charge in [-0.3, -0.25) is 0 Å². The van der Waals surface area contributed by atoms with Crippen molar-refractivity contribution in [2.24, 2.45) is 5.92 Å². The van der Waals surface area contributed by atoms with E-state index in [1.807, 2.05) is 7.05 Å². The van der Waals surface area contributed by atoms with Gasteiger partial charge in [0.15, 0.2) is 0 Å². The third-order valence-electron chi connectivity index (χ3n) is 2.09. The molecule has 9 heavy (non-hydrogen) atoms. The summed E-state index contributed by atoms with van der Waals surface area (Å²) >= 11 is 3.59. The first kappa shape index (κ1) is 7.55. The zero-order chi connectivity index (χ0) is 6.69. The van der Waals surface area contributed by atoms with Gasteiger partial charge >= 0.3 is 0 Å². The number of halogens is 1. The fourth-order valence-electron chi connectivity index (χ4n) is 1.49. The van der Waals surface area contributed by atoms with E-state index in [-0.39, 0.29) is 0 Å². The lowest BCUT2D eigenvalue weighted by Gasteiger charge is -2.14. The van der Waals surface area contributed by atoms with Gasteiger partial charge in [0, 0.05) is 0 Å². The fourth-order valence-corrected chi connectivity index (χ4v) is 2.01. The fraction of sp³-hybridized carbons (Fsp3) is 1.00. The molecule has 0 amide bonds. The van der Waals surface area contributed by atoms with E-state index >= 15 is 0 Å². The molecule has 54 valence electrons. The monoisotopic (exact) mass is 191 g/mol. The molecule has 1 unspecified atom stereocenters. The standard InChI is InChI=1S/C7H14BrN/c1-9-7(8)6-4-2-3-5-6/h6-7,9H,2-5H2,1H3. The minimum Gasteiger partial charge on any atom is -0.308 e. The average Bonchev–Trinajstić information content (AvgIpc) is 2.37. The van der Waals surface area contributed by atoms with Gasteiger partial charge in [-0.2, -0.15) is 0 Å². The van der Waals surface area contributed by atoms with Crippen LogP contribution in [0.3, 0.4) is 0 Å². The Morgan fingerprint density at radius 1 is 1.44 bits per heavy atom. The van der Waals surface area contributed by atoms with E-state index in [1.54, 1.807) is 0 Å². The summed E-state index contributed by atoms with van der Waals surface area (Å²) in [7, 11) is 2.01. The molecule has 1 rings (SSSR count). The SMILES string of the molecule is CNC(Br)C1CCCC1. The Bertz CT molecular complexity index is 79.0. The van der Waals surface area contributed by atoms with Crippen LogP contribution in [-0.4, -0.2) is 12.0 Å². The molecule has 1 nitrogen and oxygen atoms in total. The molecule has 2 heteroatoms. The summed E-state index contributed by atoms with van der Waals surface area (Å²) in [6, 6.07) is 0. The Balaban J connectivity index is 2.24. The molecule has 1 aliphatic rings. The van der Waals surface area contributed by atoms with Gasteiger partial charge in [-0.1, -0.05) is 28.8 Å². The van der Waals surface area contributed by atoms with Crippen LogP contribution in [0.4, 0.5) is 0 Å². The highest BCUT2D eigenvalue weighted by atomic mass is 79.9. The van der Waals surface area contributed by atoms with E-state index in [0.717, 1.165) is 5.92 Å². The maximum Gasteiger partial charge on any atom is 0.0656 e. The topological polar surface area (TPSA) is 12.0 Å². The highest BCUT2D eigenvalue weighted by Crippen LogP contribution is 2.29. The van der Waals surface area contributed by atoms with Gasteiger partial charge in [0.05, 0.1) is 4.95 Å². The van der Waals surface area contributed by atoms with Crippen molar-refractivity contribution in [1.29, 1.82) is 0 Å². The van der Waals surface area contributed by atoms with Crippen LogP contribution >= 0.6 is 15.9 Å². The third-order valence-corrected chi connectivity index (χ3v) is 3.29. The van der Waals surface area contributed by atoms with Crippen molar-refractivity contribution in [1.82, 2.24) is 5.32 Å². The molecule has 1 fully saturated rings. The van der Waals surface area contributed by atoms with E-state index in [4.69, 9.17) is 0 Å². The first-order valence-electron chi connectivity index (χ1n) is 3.66. The van der Waals surface area contributed by atoms with E-state index in [9.17, 15) is 0 Å². The largest absolute Gasteiger partial charge is 0.308 e. The highest BCUT2D eigenvalue weighted by Gasteiger charge is 2.20. The molecular formula is C7H14BrN. The first-order valence-corrected chi connectivity index (χ1v) is 4.57. The van der Waals surface area contributed by atoms with Gasteiger partial charge in [0.1, 0.15) is 0 Å². The van der Waals surface area contributed by atoms with Gasteiger partial charge in [-0.15, -0.1) is 0 Å². The molecule has 1 saturated carbocycles. The quantitative estimate of drug-likeness (QED) is 0.522. The minimum atomic E-state index is 0.556. The third kappa shape index (κ3) is 1.94. The molecule has 0 aliphatic heterocycles. The summed E-state index contributed by atoms with van der Waals surface area (Å²) in [4.78, 5) is 0.556. The summed E-state index contributed by atoms with van der Waals surface area (Å²) in [5.41, 5.74) is 0. The molecule has 0 bridgehead atoms. The Hall–Kier alpha value is 0.440. The van der Waals surface area contributed by atoms with Crippen molar-refractivity contribution in [3.63, 3.8) is 0 Å². The molecule has 0 aromatic carbocycles. The van der Waals surface area contributed by atoms with Crippen molar-refractivity contribution < 1.29 is 0 Å². The highest BCUT2D eigenvalue weighted by molar-refractivity contribution is 9.09. The number of hydrogen-bond acceptors (Lipinski definition) is 1. The second-order valence-electron chi connectivity index (χ2n) is 2.73. The lowest BCUT2D eigenvalue weighted by Crippen LogP contribution is -2.25. The Morgan fingerprint density at radius 2 is 2.00 bits per heavy atom. The molecule has 1 N–H and O–H groups in total. The van der Waals surface area contributed by atoms with E-state index in [2.05, 4.69) is 21.2 Å². The predicted molar refractivity (Wildman–Crippen MR) is 43.7 cm³/mol. The summed E-state index contributed by atoms with van der Waals surface area (Å²) in [6.07, 6.45) is 5.65. The van der Waals surface area contributed by atoms with E-state index in [1.165, 1.54) is 25.7 Å². The lowest BCUT2D eigenvalue weighted by atomic mass is 10.1. The van der Waals surface area contributed by atoms with Gasteiger partial charge in [-0.25, -0.2) is 0 Å². The minimum absolute atomic E-state index is 0.556. The molecular weight excluding hydrogens is 178 g/mol. The van der Waals surface area contributed by atoms with Crippen molar-refractivity contribution >= 4 is 15.9 Å². The van der Waals surface area contributed by atoms with E-state index < -0.39 is 0 Å². The van der Waals surface area contributed by atoms with Crippen molar-refractivity contribution in [3.05, 3.63) is 0 Å². The van der Waals surface area contributed by atoms with Crippen LogP contribution in [-0.2, 0) is 0 Å². The van der Waals surface area contributed by atoms with Crippen LogP contribution in [0, 0.1) is 5.92 Å². The van der Waals surface area contributed by atoms with Crippen LogP contribution in [0.1, 0.15) is 25.7 Å². The number of nitrogens with one attached hydrogen (secondary N) is 1. The van der Waals surface area contributed by atoms with Crippen LogP contribution < -0.4 is 5.32 Å². The summed E-state index contributed by atoms with van der Waals surface area (Å²) in [5, 5.41) is 3.22. The molecule has 0 aromatic heterocycles. The van der Waals surface area contributed by atoms with Gasteiger partial charge in [0.2, 0.25) is 0 Å². The molecule has 1 atom stereocenters. The molecule has 1 aliphatic carbocycles. The molecule has 0 heterocycles. The number of hydrogen-bond donors (Lipinski definition) is 1. The number of rotatable bonds is 2. The normalized spacial score (nSPS) is 24.7. The molecule has 0 aromatic rings. The van der Waals surface area contributed by atoms with Crippen LogP contribution in [0.15, 0.2) is 0 Å². The second kappa shape index (κ2) is 3.57. The van der Waals surface area contributed by atoms with Crippen LogP contribution in [0.2, 0.25) is 0 Å². The van der Waals surface area contributed by atoms with Crippen LogP contribution in [0.25, 0.3) is 0 Å². The number of alkyl halides is 1. The Kier molecular flexibility index (Phi) is 2.99. The van der Waals surface area contributed by atoms with Crippen molar-refractivity contribution in [3.8, 4) is 0 Å². The summed E-state index contributed by atoms with van der Waals surface area (Å²) in [6.45, 7) is 0. The van der Waals surface area contributed by atoms with Gasteiger partial charge in [0.25, 0.3) is 0 Å². The summed E-state index contributed by atoms with van der Waals surface area (Å²) in [5.74, 6) is 0.884. The summed E-state index contributed by atoms with van der Waals surface area (Å²) < 4.78 is 0. The Labute approximate surface area is 65.3 Å². The van der Waals surface area contributed by atoms with Gasteiger partial charge < -0.3 is 5.32 Å². The van der Waals surface area contributed by atoms with Crippen molar-refractivity contribution in [2.45, 2.75) is 30.6 Å².